The summed E-state index contributed by atoms with van der Waals surface area (Å²) in [6.07, 6.45) is 2.82. The van der Waals surface area contributed by atoms with Crippen molar-refractivity contribution in [2.24, 2.45) is 0 Å². The van der Waals surface area contributed by atoms with Gasteiger partial charge in [0.05, 0.1) is 6.10 Å². The second-order valence-electron chi connectivity index (χ2n) is 3.39. The van der Waals surface area contributed by atoms with Gasteiger partial charge in [-0.05, 0) is 26.2 Å². The Morgan fingerprint density at radius 3 is 2.75 bits per heavy atom. The summed E-state index contributed by atoms with van der Waals surface area (Å²) in [6, 6.07) is 0. The maximum atomic E-state index is 11.5. The Kier molecular flexibility index (Phi) is 2.73. The van der Waals surface area contributed by atoms with Crippen molar-refractivity contribution in [1.82, 2.24) is 5.32 Å². The summed E-state index contributed by atoms with van der Waals surface area (Å²) < 4.78 is 5.64. The molecule has 1 N–H and O–H groups in total. The highest BCUT2D eigenvalue weighted by Crippen LogP contribution is 2.33. The van der Waals surface area contributed by atoms with Crippen molar-refractivity contribution in [3.05, 3.63) is 0 Å². The number of hydrogen-bond donors (Lipinski definition) is 1. The molecule has 0 saturated carbocycles. The molecule has 3 heteroatoms. The molecule has 70 valence electrons. The van der Waals surface area contributed by atoms with Crippen molar-refractivity contribution in [3.63, 3.8) is 0 Å². The van der Waals surface area contributed by atoms with Gasteiger partial charge >= 0.3 is 0 Å². The molecule has 0 aromatic heterocycles. The third-order valence-electron chi connectivity index (χ3n) is 2.59. The van der Waals surface area contributed by atoms with E-state index >= 15 is 0 Å². The molecule has 0 bridgehead atoms. The van der Waals surface area contributed by atoms with Crippen LogP contribution in [0.1, 0.15) is 33.1 Å². The van der Waals surface area contributed by atoms with Gasteiger partial charge in [-0.1, -0.05) is 6.92 Å². The lowest BCUT2D eigenvalue weighted by atomic mass is 9.96. The first kappa shape index (κ1) is 9.52. The van der Waals surface area contributed by atoms with Crippen molar-refractivity contribution in [1.29, 1.82) is 0 Å². The van der Waals surface area contributed by atoms with E-state index < -0.39 is 5.60 Å². The van der Waals surface area contributed by atoms with E-state index in [1.165, 1.54) is 0 Å². The molecule has 0 aliphatic carbocycles. The van der Waals surface area contributed by atoms with Gasteiger partial charge in [-0.25, -0.2) is 0 Å². The first-order chi connectivity index (χ1) is 5.64. The van der Waals surface area contributed by atoms with E-state index in [-0.39, 0.29) is 12.0 Å². The second kappa shape index (κ2) is 3.44. The molecular formula is C9H17NO2. The number of nitrogens with one attached hydrogen (secondary N) is 1. The molecule has 0 spiro atoms. The van der Waals surface area contributed by atoms with Gasteiger partial charge in [-0.2, -0.15) is 0 Å². The van der Waals surface area contributed by atoms with E-state index in [0.717, 1.165) is 19.3 Å². The average Bonchev–Trinajstić information content (AvgIpc) is 2.47. The highest BCUT2D eigenvalue weighted by Gasteiger charge is 2.43. The number of amides is 1. The minimum Gasteiger partial charge on any atom is -0.362 e. The van der Waals surface area contributed by atoms with Gasteiger partial charge in [0, 0.05) is 7.05 Å². The Labute approximate surface area is 73.5 Å². The van der Waals surface area contributed by atoms with E-state index in [1.807, 2.05) is 13.8 Å². The molecule has 2 atom stereocenters. The van der Waals surface area contributed by atoms with Crippen molar-refractivity contribution < 1.29 is 9.53 Å². The number of carbonyl (C=O) groups is 1. The van der Waals surface area contributed by atoms with Crippen LogP contribution >= 0.6 is 0 Å². The van der Waals surface area contributed by atoms with E-state index in [0.29, 0.717) is 0 Å². The topological polar surface area (TPSA) is 38.3 Å². The molecule has 1 amide bonds. The first-order valence-electron chi connectivity index (χ1n) is 4.54. The summed E-state index contributed by atoms with van der Waals surface area (Å²) in [4.78, 5) is 11.5. The predicted molar refractivity (Wildman–Crippen MR) is 46.9 cm³/mol. The van der Waals surface area contributed by atoms with Gasteiger partial charge in [0.2, 0.25) is 0 Å². The number of carbonyl (C=O) groups excluding carboxylic acids is 1. The van der Waals surface area contributed by atoms with Crippen LogP contribution in [0.2, 0.25) is 0 Å². The monoisotopic (exact) mass is 171 g/mol. The van der Waals surface area contributed by atoms with Crippen LogP contribution in [-0.4, -0.2) is 24.7 Å². The highest BCUT2D eigenvalue weighted by molar-refractivity contribution is 5.85. The Bertz CT molecular complexity index is 181. The van der Waals surface area contributed by atoms with Gasteiger partial charge in [0.1, 0.15) is 5.60 Å². The Hall–Kier alpha value is -0.570. The van der Waals surface area contributed by atoms with Gasteiger partial charge in [0.25, 0.3) is 5.91 Å². The lowest BCUT2D eigenvalue weighted by Crippen LogP contribution is -2.44. The third kappa shape index (κ3) is 1.46. The van der Waals surface area contributed by atoms with Gasteiger partial charge < -0.3 is 10.1 Å². The van der Waals surface area contributed by atoms with Gasteiger partial charge in [-0.3, -0.25) is 4.79 Å². The lowest BCUT2D eigenvalue weighted by molar-refractivity contribution is -0.144. The Balaban J connectivity index is 2.70. The van der Waals surface area contributed by atoms with Crippen molar-refractivity contribution in [3.8, 4) is 0 Å². The van der Waals surface area contributed by atoms with Crippen molar-refractivity contribution in [2.45, 2.75) is 44.8 Å². The number of ether oxygens (including phenoxy) is 1. The van der Waals surface area contributed by atoms with Crippen LogP contribution in [0.25, 0.3) is 0 Å². The van der Waals surface area contributed by atoms with E-state index in [9.17, 15) is 4.79 Å². The molecule has 1 aliphatic heterocycles. The second-order valence-corrected chi connectivity index (χ2v) is 3.39. The molecule has 0 radical (unpaired) electrons. The normalized spacial score (nSPS) is 35.1. The van der Waals surface area contributed by atoms with Gasteiger partial charge in [-0.15, -0.1) is 0 Å². The van der Waals surface area contributed by atoms with Crippen LogP contribution in [-0.2, 0) is 9.53 Å². The van der Waals surface area contributed by atoms with E-state index in [4.69, 9.17) is 4.74 Å². The summed E-state index contributed by atoms with van der Waals surface area (Å²) in [5, 5.41) is 2.66. The SMILES string of the molecule is CCC1(C(=O)NC)CC[C@H](C)O1. The predicted octanol–water partition coefficient (Wildman–Crippen LogP) is 1.08. The maximum Gasteiger partial charge on any atom is 0.252 e. The fourth-order valence-electron chi connectivity index (χ4n) is 1.75. The van der Waals surface area contributed by atoms with Gasteiger partial charge in [0.15, 0.2) is 0 Å². The van der Waals surface area contributed by atoms with Crippen LogP contribution in [0.3, 0.4) is 0 Å². The lowest BCUT2D eigenvalue weighted by Gasteiger charge is -2.25. The molecule has 0 aromatic rings. The number of hydrogen-bond acceptors (Lipinski definition) is 2. The quantitative estimate of drug-likeness (QED) is 0.675. The maximum absolute atomic E-state index is 11.5. The summed E-state index contributed by atoms with van der Waals surface area (Å²) in [5.41, 5.74) is -0.534. The molecule has 12 heavy (non-hydrogen) atoms. The fourth-order valence-corrected chi connectivity index (χ4v) is 1.75. The van der Waals surface area contributed by atoms with E-state index in [1.54, 1.807) is 7.05 Å². The first-order valence-corrected chi connectivity index (χ1v) is 4.54. The van der Waals surface area contributed by atoms with Crippen LogP contribution < -0.4 is 5.32 Å². The van der Waals surface area contributed by atoms with Crippen molar-refractivity contribution >= 4 is 5.91 Å². The minimum atomic E-state index is -0.534. The van der Waals surface area contributed by atoms with Crippen molar-refractivity contribution in [2.75, 3.05) is 7.05 Å². The minimum absolute atomic E-state index is 0.0225. The smallest absolute Gasteiger partial charge is 0.252 e. The zero-order chi connectivity index (χ0) is 9.19. The largest absolute Gasteiger partial charge is 0.362 e. The fraction of sp³-hybridized carbons (Fsp3) is 0.889. The molecule has 1 heterocycles. The third-order valence-corrected chi connectivity index (χ3v) is 2.59. The molecule has 1 unspecified atom stereocenters. The summed E-state index contributed by atoms with van der Waals surface area (Å²) in [6.45, 7) is 4.01. The van der Waals surface area contributed by atoms with Crippen LogP contribution in [0.4, 0.5) is 0 Å². The zero-order valence-corrected chi connectivity index (χ0v) is 8.02. The highest BCUT2D eigenvalue weighted by atomic mass is 16.5. The molecule has 1 rings (SSSR count). The van der Waals surface area contributed by atoms with Crippen LogP contribution in [0.15, 0.2) is 0 Å². The number of likely N-dealkylation sites (N-methyl/N-ethyl adjacent to an activating group) is 1. The van der Waals surface area contributed by atoms with Crippen LogP contribution in [0, 0.1) is 0 Å². The summed E-state index contributed by atoms with van der Waals surface area (Å²) >= 11 is 0. The molecule has 1 aliphatic rings. The summed E-state index contributed by atoms with van der Waals surface area (Å²) in [7, 11) is 1.66. The Morgan fingerprint density at radius 2 is 2.42 bits per heavy atom. The Morgan fingerprint density at radius 1 is 1.75 bits per heavy atom. The van der Waals surface area contributed by atoms with E-state index in [2.05, 4.69) is 5.32 Å². The zero-order valence-electron chi connectivity index (χ0n) is 8.02. The molecule has 1 fully saturated rings. The molecule has 3 nitrogen and oxygen atoms in total. The van der Waals surface area contributed by atoms with Crippen LogP contribution in [0.5, 0.6) is 0 Å². The number of rotatable bonds is 2. The average molecular weight is 171 g/mol. The molecular weight excluding hydrogens is 154 g/mol. The standard InChI is InChI=1S/C9H17NO2/c1-4-9(8(11)10-3)6-5-7(2)12-9/h7H,4-6H2,1-3H3,(H,10,11)/t7-,9?/m0/s1. The summed E-state index contributed by atoms with van der Waals surface area (Å²) in [5.74, 6) is 0.0225. The molecule has 0 aromatic carbocycles. The molecule has 1 saturated heterocycles.